The SMILES string of the molecule is C=C(Br)CNC(=O)NC(CCSC)C(=O)O. The molecule has 2 amide bonds. The molecule has 92 valence electrons. The lowest BCUT2D eigenvalue weighted by molar-refractivity contribution is -0.139. The smallest absolute Gasteiger partial charge is 0.326 e. The number of carboxylic acid groups (broad SMARTS) is 1. The van der Waals surface area contributed by atoms with Crippen molar-refractivity contribution in [1.29, 1.82) is 0 Å². The van der Waals surface area contributed by atoms with E-state index in [9.17, 15) is 9.59 Å². The van der Waals surface area contributed by atoms with Gasteiger partial charge in [-0.1, -0.05) is 22.5 Å². The Morgan fingerprint density at radius 2 is 2.19 bits per heavy atom. The van der Waals surface area contributed by atoms with Gasteiger partial charge in [0.05, 0.1) is 6.54 Å². The number of aliphatic carboxylic acids is 1. The van der Waals surface area contributed by atoms with Crippen LogP contribution in [-0.4, -0.2) is 41.7 Å². The van der Waals surface area contributed by atoms with Gasteiger partial charge in [-0.3, -0.25) is 0 Å². The van der Waals surface area contributed by atoms with E-state index >= 15 is 0 Å². The molecule has 7 heteroatoms. The van der Waals surface area contributed by atoms with Crippen LogP contribution in [0.5, 0.6) is 0 Å². The van der Waals surface area contributed by atoms with Gasteiger partial charge < -0.3 is 15.7 Å². The Hall–Kier alpha value is -0.690. The van der Waals surface area contributed by atoms with E-state index in [1.807, 2.05) is 6.26 Å². The summed E-state index contributed by atoms with van der Waals surface area (Å²) in [5.74, 6) is -0.343. The van der Waals surface area contributed by atoms with Crippen molar-refractivity contribution in [3.8, 4) is 0 Å². The number of amides is 2. The summed E-state index contributed by atoms with van der Waals surface area (Å²) in [5.41, 5.74) is 0. The topological polar surface area (TPSA) is 78.4 Å². The van der Waals surface area contributed by atoms with Gasteiger partial charge in [0.1, 0.15) is 6.04 Å². The highest BCUT2D eigenvalue weighted by atomic mass is 79.9. The van der Waals surface area contributed by atoms with Gasteiger partial charge in [-0.2, -0.15) is 11.8 Å². The van der Waals surface area contributed by atoms with Crippen LogP contribution in [0.25, 0.3) is 0 Å². The fraction of sp³-hybridized carbons (Fsp3) is 0.556. The molecule has 0 aromatic rings. The largest absolute Gasteiger partial charge is 0.480 e. The minimum absolute atomic E-state index is 0.265. The fourth-order valence-corrected chi connectivity index (χ4v) is 1.49. The number of nitrogens with one attached hydrogen (secondary N) is 2. The predicted octanol–water partition coefficient (Wildman–Crippen LogP) is 1.40. The zero-order valence-corrected chi connectivity index (χ0v) is 11.4. The number of thioether (sulfide) groups is 1. The average molecular weight is 311 g/mol. The predicted molar refractivity (Wildman–Crippen MR) is 69.0 cm³/mol. The maximum atomic E-state index is 11.3. The molecule has 16 heavy (non-hydrogen) atoms. The first-order valence-corrected chi connectivity index (χ1v) is 6.75. The average Bonchev–Trinajstić information content (AvgIpc) is 2.20. The summed E-state index contributed by atoms with van der Waals surface area (Å²) in [5, 5.41) is 13.7. The summed E-state index contributed by atoms with van der Waals surface area (Å²) in [7, 11) is 0. The van der Waals surface area contributed by atoms with Gasteiger partial charge in [-0.25, -0.2) is 9.59 Å². The molecule has 0 bridgehead atoms. The number of rotatable bonds is 7. The third kappa shape index (κ3) is 7.58. The zero-order valence-electron chi connectivity index (χ0n) is 8.96. The van der Waals surface area contributed by atoms with Crippen molar-refractivity contribution in [3.05, 3.63) is 11.1 Å². The number of halogens is 1. The van der Waals surface area contributed by atoms with Crippen molar-refractivity contribution in [2.45, 2.75) is 12.5 Å². The van der Waals surface area contributed by atoms with Crippen molar-refractivity contribution in [1.82, 2.24) is 10.6 Å². The minimum Gasteiger partial charge on any atom is -0.480 e. The minimum atomic E-state index is -1.03. The third-order valence-electron chi connectivity index (χ3n) is 1.65. The second-order valence-corrected chi connectivity index (χ2v) is 5.12. The Kier molecular flexibility index (Phi) is 8.10. The highest BCUT2D eigenvalue weighted by Crippen LogP contribution is 2.01. The zero-order chi connectivity index (χ0) is 12.6. The van der Waals surface area contributed by atoms with Crippen molar-refractivity contribution in [3.63, 3.8) is 0 Å². The number of carbonyl (C=O) groups is 2. The van der Waals surface area contributed by atoms with Gasteiger partial charge in [-0.15, -0.1) is 0 Å². The summed E-state index contributed by atoms with van der Waals surface area (Å²) >= 11 is 4.62. The van der Waals surface area contributed by atoms with Gasteiger partial charge in [0.2, 0.25) is 0 Å². The summed E-state index contributed by atoms with van der Waals surface area (Å²) in [6, 6.07) is -1.36. The van der Waals surface area contributed by atoms with E-state index in [1.54, 1.807) is 0 Å². The Labute approximate surface area is 107 Å². The van der Waals surface area contributed by atoms with Crippen LogP contribution in [0.2, 0.25) is 0 Å². The normalized spacial score (nSPS) is 11.6. The van der Waals surface area contributed by atoms with Gasteiger partial charge in [0.15, 0.2) is 0 Å². The van der Waals surface area contributed by atoms with Crippen molar-refractivity contribution in [2.24, 2.45) is 0 Å². The third-order valence-corrected chi connectivity index (χ3v) is 2.58. The second kappa shape index (κ2) is 8.46. The molecule has 0 spiro atoms. The highest BCUT2D eigenvalue weighted by molar-refractivity contribution is 9.11. The van der Waals surface area contributed by atoms with Crippen LogP contribution in [0.3, 0.4) is 0 Å². The summed E-state index contributed by atoms with van der Waals surface area (Å²) in [6.45, 7) is 3.81. The van der Waals surface area contributed by atoms with Crippen LogP contribution in [0.1, 0.15) is 6.42 Å². The standard InChI is InChI=1S/C9H15BrN2O3S/c1-6(10)5-11-9(15)12-7(8(13)14)3-4-16-2/h7H,1,3-5H2,2H3,(H,13,14)(H2,11,12,15). The molecule has 0 saturated heterocycles. The monoisotopic (exact) mass is 310 g/mol. The van der Waals surface area contributed by atoms with Crippen LogP contribution in [0.15, 0.2) is 11.1 Å². The van der Waals surface area contributed by atoms with E-state index in [1.165, 1.54) is 11.8 Å². The first-order valence-electron chi connectivity index (χ1n) is 4.56. The Bertz CT molecular complexity index is 273. The first-order chi connectivity index (χ1) is 7.47. The summed E-state index contributed by atoms with van der Waals surface area (Å²) in [6.07, 6.45) is 2.28. The van der Waals surface area contributed by atoms with Crippen LogP contribution in [0.4, 0.5) is 4.79 Å². The van der Waals surface area contributed by atoms with Gasteiger partial charge in [-0.05, 0) is 18.4 Å². The maximum Gasteiger partial charge on any atom is 0.326 e. The molecule has 0 aliphatic heterocycles. The van der Waals surface area contributed by atoms with Crippen LogP contribution in [0, 0.1) is 0 Å². The molecule has 0 radical (unpaired) electrons. The van der Waals surface area contributed by atoms with E-state index in [-0.39, 0.29) is 6.54 Å². The molecule has 0 aromatic carbocycles. The van der Waals surface area contributed by atoms with Gasteiger partial charge >= 0.3 is 12.0 Å². The molecule has 5 nitrogen and oxygen atoms in total. The fourth-order valence-electron chi connectivity index (χ4n) is 0.879. The lowest BCUT2D eigenvalue weighted by atomic mass is 10.2. The number of hydrogen-bond acceptors (Lipinski definition) is 3. The Morgan fingerprint density at radius 3 is 2.62 bits per heavy atom. The van der Waals surface area contributed by atoms with Crippen LogP contribution >= 0.6 is 27.7 Å². The Morgan fingerprint density at radius 1 is 1.56 bits per heavy atom. The van der Waals surface area contributed by atoms with E-state index in [0.29, 0.717) is 16.7 Å². The summed E-state index contributed by atoms with van der Waals surface area (Å²) in [4.78, 5) is 22.1. The molecule has 0 rings (SSSR count). The molecule has 1 atom stereocenters. The maximum absolute atomic E-state index is 11.3. The molecule has 0 aromatic heterocycles. The molecule has 0 fully saturated rings. The molecule has 0 heterocycles. The second-order valence-electron chi connectivity index (χ2n) is 3.02. The summed E-state index contributed by atoms with van der Waals surface area (Å²) < 4.78 is 0.624. The quantitative estimate of drug-likeness (QED) is 0.664. The van der Waals surface area contributed by atoms with Crippen LogP contribution in [-0.2, 0) is 4.79 Å². The van der Waals surface area contributed by atoms with Crippen molar-refractivity contribution < 1.29 is 14.7 Å². The molecule has 0 saturated carbocycles. The number of carbonyl (C=O) groups excluding carboxylic acids is 1. The van der Waals surface area contributed by atoms with E-state index < -0.39 is 18.0 Å². The van der Waals surface area contributed by atoms with E-state index in [4.69, 9.17) is 5.11 Å². The molecular formula is C9H15BrN2O3S. The van der Waals surface area contributed by atoms with E-state index in [0.717, 1.165) is 0 Å². The molecule has 3 N–H and O–H groups in total. The lowest BCUT2D eigenvalue weighted by Gasteiger charge is -2.14. The molecule has 1 unspecified atom stereocenters. The van der Waals surface area contributed by atoms with E-state index in [2.05, 4.69) is 33.1 Å². The van der Waals surface area contributed by atoms with Crippen molar-refractivity contribution in [2.75, 3.05) is 18.6 Å². The lowest BCUT2D eigenvalue weighted by Crippen LogP contribution is -2.46. The molecule has 0 aliphatic carbocycles. The van der Waals surface area contributed by atoms with Gasteiger partial charge in [0.25, 0.3) is 0 Å². The van der Waals surface area contributed by atoms with Crippen LogP contribution < -0.4 is 10.6 Å². The number of hydrogen-bond donors (Lipinski definition) is 3. The molecular weight excluding hydrogens is 296 g/mol. The highest BCUT2D eigenvalue weighted by Gasteiger charge is 2.18. The number of carboxylic acids is 1. The van der Waals surface area contributed by atoms with Crippen molar-refractivity contribution >= 4 is 39.7 Å². The number of urea groups is 1. The Balaban J connectivity index is 4.02. The first kappa shape index (κ1) is 15.3. The van der Waals surface area contributed by atoms with Gasteiger partial charge in [0, 0.05) is 4.48 Å². The molecule has 0 aliphatic rings.